The highest BCUT2D eigenvalue weighted by Gasteiger charge is 2.28. The van der Waals surface area contributed by atoms with Crippen molar-refractivity contribution in [2.24, 2.45) is 0 Å². The van der Waals surface area contributed by atoms with Crippen LogP contribution < -0.4 is 4.90 Å². The van der Waals surface area contributed by atoms with E-state index in [0.29, 0.717) is 6.54 Å². The Hall–Kier alpha value is -1.07. The van der Waals surface area contributed by atoms with Crippen molar-refractivity contribution in [1.29, 1.82) is 0 Å². The Morgan fingerprint density at radius 1 is 1.32 bits per heavy atom. The van der Waals surface area contributed by atoms with E-state index in [9.17, 15) is 8.42 Å². The van der Waals surface area contributed by atoms with Crippen LogP contribution in [0.25, 0.3) is 0 Å². The Morgan fingerprint density at radius 3 is 2.63 bits per heavy atom. The summed E-state index contributed by atoms with van der Waals surface area (Å²) in [6.45, 7) is 3.44. The highest BCUT2D eigenvalue weighted by atomic mass is 32.2. The second-order valence-electron chi connectivity index (χ2n) is 5.46. The summed E-state index contributed by atoms with van der Waals surface area (Å²) < 4.78 is 23.2. The number of nitrogens with zero attached hydrogens (tertiary/aromatic N) is 2. The molecular formula is C14H22N2O2S. The van der Waals surface area contributed by atoms with E-state index in [1.54, 1.807) is 0 Å². The number of para-hydroxylation sites is 1. The van der Waals surface area contributed by atoms with Crippen LogP contribution in [-0.2, 0) is 16.4 Å². The summed E-state index contributed by atoms with van der Waals surface area (Å²) in [6, 6.07) is 8.37. The Kier molecular flexibility index (Phi) is 4.16. The average molecular weight is 282 g/mol. The highest BCUT2D eigenvalue weighted by molar-refractivity contribution is 7.91. The quantitative estimate of drug-likeness (QED) is 0.839. The molecule has 0 bridgehead atoms. The first-order valence-corrected chi connectivity index (χ1v) is 8.41. The molecule has 1 heterocycles. The topological polar surface area (TPSA) is 40.6 Å². The molecule has 4 nitrogen and oxygen atoms in total. The minimum atomic E-state index is -2.84. The molecule has 19 heavy (non-hydrogen) atoms. The van der Waals surface area contributed by atoms with Crippen LogP contribution >= 0.6 is 0 Å². The number of rotatable bonds is 3. The van der Waals surface area contributed by atoms with Crippen LogP contribution in [0.3, 0.4) is 0 Å². The molecule has 1 aliphatic heterocycles. The van der Waals surface area contributed by atoms with E-state index in [0.717, 1.165) is 6.54 Å². The first-order valence-electron chi connectivity index (χ1n) is 6.59. The maximum atomic E-state index is 11.6. The van der Waals surface area contributed by atoms with Gasteiger partial charge >= 0.3 is 0 Å². The molecular weight excluding hydrogens is 260 g/mol. The number of hydrogen-bond acceptors (Lipinski definition) is 4. The molecule has 1 aromatic carbocycles. The Labute approximate surface area is 115 Å². The van der Waals surface area contributed by atoms with Crippen molar-refractivity contribution in [2.45, 2.75) is 19.5 Å². The van der Waals surface area contributed by atoms with Gasteiger partial charge in [-0.25, -0.2) is 8.42 Å². The standard InChI is InChI=1S/C14H22N2O2S/c1-12-11-19(17,18)9-8-16(12)10-13-6-4-5-7-14(13)15(2)3/h4-7,12H,8-11H2,1-3H3/t12-/m1/s1. The molecule has 0 aliphatic carbocycles. The molecule has 1 aromatic rings. The zero-order valence-electron chi connectivity index (χ0n) is 11.8. The van der Waals surface area contributed by atoms with Crippen molar-refractivity contribution in [3.05, 3.63) is 29.8 Å². The third kappa shape index (κ3) is 3.48. The summed E-state index contributed by atoms with van der Waals surface area (Å²) >= 11 is 0. The number of hydrogen-bond donors (Lipinski definition) is 0. The van der Waals surface area contributed by atoms with E-state index < -0.39 is 9.84 Å². The summed E-state index contributed by atoms with van der Waals surface area (Å²) in [5.74, 6) is 0.554. The van der Waals surface area contributed by atoms with Crippen molar-refractivity contribution in [3.8, 4) is 0 Å². The fourth-order valence-electron chi connectivity index (χ4n) is 2.57. The molecule has 5 heteroatoms. The van der Waals surface area contributed by atoms with Crippen molar-refractivity contribution in [2.75, 3.05) is 37.0 Å². The summed E-state index contributed by atoms with van der Waals surface area (Å²) in [6.07, 6.45) is 0. The molecule has 0 radical (unpaired) electrons. The molecule has 0 spiro atoms. The molecule has 2 rings (SSSR count). The Bertz CT molecular complexity index is 540. The molecule has 0 aromatic heterocycles. The van der Waals surface area contributed by atoms with Gasteiger partial charge < -0.3 is 4.90 Å². The van der Waals surface area contributed by atoms with Crippen LogP contribution in [0.15, 0.2) is 24.3 Å². The van der Waals surface area contributed by atoms with Crippen LogP contribution in [-0.4, -0.2) is 51.5 Å². The van der Waals surface area contributed by atoms with Gasteiger partial charge in [-0.3, -0.25) is 4.90 Å². The number of benzene rings is 1. The second-order valence-corrected chi connectivity index (χ2v) is 7.69. The first kappa shape index (κ1) is 14.3. The molecule has 1 atom stereocenters. The average Bonchev–Trinajstić information content (AvgIpc) is 2.32. The highest BCUT2D eigenvalue weighted by Crippen LogP contribution is 2.22. The van der Waals surface area contributed by atoms with Gasteiger partial charge in [0.05, 0.1) is 11.5 Å². The van der Waals surface area contributed by atoms with Crippen LogP contribution in [0.2, 0.25) is 0 Å². The van der Waals surface area contributed by atoms with E-state index in [1.165, 1.54) is 11.3 Å². The molecule has 0 unspecified atom stereocenters. The SMILES string of the molecule is C[C@@H]1CS(=O)(=O)CCN1Cc1ccccc1N(C)C. The fraction of sp³-hybridized carbons (Fsp3) is 0.571. The van der Waals surface area contributed by atoms with Gasteiger partial charge in [0.15, 0.2) is 9.84 Å². The van der Waals surface area contributed by atoms with Crippen molar-refractivity contribution < 1.29 is 8.42 Å². The van der Waals surface area contributed by atoms with E-state index in [-0.39, 0.29) is 17.5 Å². The normalized spacial score (nSPS) is 23.2. The van der Waals surface area contributed by atoms with Crippen molar-refractivity contribution in [3.63, 3.8) is 0 Å². The van der Waals surface area contributed by atoms with Crippen LogP contribution in [0, 0.1) is 0 Å². The Morgan fingerprint density at radius 2 is 2.00 bits per heavy atom. The van der Waals surface area contributed by atoms with Gasteiger partial charge in [-0.1, -0.05) is 18.2 Å². The number of anilines is 1. The van der Waals surface area contributed by atoms with Gasteiger partial charge in [0.1, 0.15) is 0 Å². The van der Waals surface area contributed by atoms with Crippen LogP contribution in [0.1, 0.15) is 12.5 Å². The lowest BCUT2D eigenvalue weighted by atomic mass is 10.1. The van der Waals surface area contributed by atoms with Crippen LogP contribution in [0.5, 0.6) is 0 Å². The van der Waals surface area contributed by atoms with Gasteiger partial charge in [-0.05, 0) is 18.6 Å². The van der Waals surface area contributed by atoms with E-state index in [4.69, 9.17) is 0 Å². The van der Waals surface area contributed by atoms with E-state index >= 15 is 0 Å². The predicted octanol–water partition coefficient (Wildman–Crippen LogP) is 1.37. The maximum Gasteiger partial charge on any atom is 0.153 e. The molecule has 0 amide bonds. The van der Waals surface area contributed by atoms with Gasteiger partial charge in [-0.15, -0.1) is 0 Å². The van der Waals surface area contributed by atoms with Crippen LogP contribution in [0.4, 0.5) is 5.69 Å². The molecule has 1 fully saturated rings. The zero-order chi connectivity index (χ0) is 14.0. The van der Waals surface area contributed by atoms with E-state index in [2.05, 4.69) is 21.9 Å². The van der Waals surface area contributed by atoms with Crippen molar-refractivity contribution in [1.82, 2.24) is 4.90 Å². The lowest BCUT2D eigenvalue weighted by molar-refractivity contribution is 0.218. The summed E-state index contributed by atoms with van der Waals surface area (Å²) in [5.41, 5.74) is 2.45. The second kappa shape index (κ2) is 5.51. The van der Waals surface area contributed by atoms with Gasteiger partial charge in [-0.2, -0.15) is 0 Å². The molecule has 1 saturated heterocycles. The van der Waals surface area contributed by atoms with Crippen molar-refractivity contribution >= 4 is 15.5 Å². The molecule has 1 aliphatic rings. The third-order valence-electron chi connectivity index (χ3n) is 3.65. The summed E-state index contributed by atoms with van der Waals surface area (Å²) in [4.78, 5) is 4.35. The summed E-state index contributed by atoms with van der Waals surface area (Å²) in [7, 11) is 1.23. The van der Waals surface area contributed by atoms with E-state index in [1.807, 2.05) is 33.2 Å². The largest absolute Gasteiger partial charge is 0.377 e. The molecule has 106 valence electrons. The number of sulfone groups is 1. The van der Waals surface area contributed by atoms with Gasteiger partial charge in [0.2, 0.25) is 0 Å². The first-order chi connectivity index (χ1) is 8.89. The lowest BCUT2D eigenvalue weighted by Crippen LogP contribution is -2.46. The maximum absolute atomic E-state index is 11.6. The monoisotopic (exact) mass is 282 g/mol. The van der Waals surface area contributed by atoms with Gasteiger partial charge in [0, 0.05) is 38.9 Å². The Balaban J connectivity index is 2.14. The lowest BCUT2D eigenvalue weighted by Gasteiger charge is -2.34. The zero-order valence-corrected chi connectivity index (χ0v) is 12.7. The molecule has 0 saturated carbocycles. The predicted molar refractivity (Wildman–Crippen MR) is 79.3 cm³/mol. The van der Waals surface area contributed by atoms with Gasteiger partial charge in [0.25, 0.3) is 0 Å². The summed E-state index contributed by atoms with van der Waals surface area (Å²) in [5, 5.41) is 0. The minimum absolute atomic E-state index is 0.0916. The third-order valence-corrected chi connectivity index (χ3v) is 5.45. The molecule has 0 N–H and O–H groups in total. The minimum Gasteiger partial charge on any atom is -0.377 e. The smallest absolute Gasteiger partial charge is 0.153 e. The fourth-order valence-corrected chi connectivity index (χ4v) is 4.19.